The minimum atomic E-state index is -2.65. The van der Waals surface area contributed by atoms with Crippen LogP contribution in [0.2, 0.25) is 6.04 Å². The van der Waals surface area contributed by atoms with E-state index in [1.54, 1.807) is 35.2 Å². The molecule has 0 N–H and O–H groups in total. The van der Waals surface area contributed by atoms with E-state index in [0.717, 1.165) is 0 Å². The summed E-state index contributed by atoms with van der Waals surface area (Å²) in [5.41, 5.74) is -1.52. The summed E-state index contributed by atoms with van der Waals surface area (Å²) >= 11 is 0. The Bertz CT molecular complexity index is 426. The molecule has 7 nitrogen and oxygen atoms in total. The van der Waals surface area contributed by atoms with E-state index < -0.39 is 19.6 Å². The van der Waals surface area contributed by atoms with Gasteiger partial charge in [-0.25, -0.2) is 0 Å². The number of methoxy groups -OCH3 is 1. The quantitative estimate of drug-likeness (QED) is 0.293. The third-order valence-corrected chi connectivity index (χ3v) is 7.47. The molecule has 0 aliphatic carbocycles. The van der Waals surface area contributed by atoms with Gasteiger partial charge in [-0.3, -0.25) is 9.59 Å². The number of hydrogen-bond acceptors (Lipinski definition) is 7. The van der Waals surface area contributed by atoms with Crippen LogP contribution in [0.5, 0.6) is 0 Å². The molecule has 0 amide bonds. The molecule has 0 spiro atoms. The first-order valence-electron chi connectivity index (χ1n) is 8.47. The van der Waals surface area contributed by atoms with Gasteiger partial charge in [-0.1, -0.05) is 6.92 Å². The molecule has 0 fully saturated rings. The molecule has 1 unspecified atom stereocenters. The molecular weight excluding hydrogens is 344 g/mol. The fraction of sp³-hybridized carbons (Fsp3) is 0.882. The highest BCUT2D eigenvalue weighted by Gasteiger charge is 2.43. The summed E-state index contributed by atoms with van der Waals surface area (Å²) < 4.78 is 26.3. The van der Waals surface area contributed by atoms with E-state index in [-0.39, 0.29) is 18.5 Å². The molecule has 0 heterocycles. The number of carbonyl (C=O) groups excluding carboxylic acids is 2. The maximum atomic E-state index is 12.4. The van der Waals surface area contributed by atoms with Crippen molar-refractivity contribution >= 4 is 20.7 Å². The zero-order valence-electron chi connectivity index (χ0n) is 16.9. The van der Waals surface area contributed by atoms with E-state index in [0.29, 0.717) is 25.3 Å². The Hall–Kier alpha value is -0.963. The Morgan fingerprint density at radius 2 is 1.44 bits per heavy atom. The molecule has 0 saturated heterocycles. The van der Waals surface area contributed by atoms with Crippen LogP contribution >= 0.6 is 0 Å². The number of ether oxygens (including phenoxy) is 2. The van der Waals surface area contributed by atoms with Crippen molar-refractivity contribution < 1.29 is 32.3 Å². The monoisotopic (exact) mass is 378 g/mol. The first-order chi connectivity index (χ1) is 11.6. The molecule has 0 aromatic rings. The predicted molar refractivity (Wildman–Crippen MR) is 96.0 cm³/mol. The highest BCUT2D eigenvalue weighted by Crippen LogP contribution is 2.38. The van der Waals surface area contributed by atoms with Crippen molar-refractivity contribution in [2.45, 2.75) is 53.0 Å². The van der Waals surface area contributed by atoms with E-state index in [1.807, 2.05) is 13.8 Å². The van der Waals surface area contributed by atoms with Gasteiger partial charge < -0.3 is 22.8 Å². The first kappa shape index (κ1) is 24.0. The predicted octanol–water partition coefficient (Wildman–Crippen LogP) is 2.80. The van der Waals surface area contributed by atoms with Crippen LogP contribution in [0, 0.1) is 10.8 Å². The van der Waals surface area contributed by atoms with Crippen LogP contribution in [0.1, 0.15) is 47.0 Å². The molecule has 0 aliphatic rings. The summed E-state index contributed by atoms with van der Waals surface area (Å²) in [6.45, 7) is 7.52. The van der Waals surface area contributed by atoms with Gasteiger partial charge in [-0.2, -0.15) is 0 Å². The first-order valence-corrected chi connectivity index (χ1v) is 10.4. The van der Waals surface area contributed by atoms with E-state index in [1.165, 1.54) is 7.11 Å². The summed E-state index contributed by atoms with van der Waals surface area (Å²) in [7, 11) is 3.35. The standard InChI is InChI=1S/C17H34O7Si/c1-9-17(4,15(19)20-5)13-16(2,3)14(18)24-11-10-12-25(21-6,22-7)23-8/h9-13H2,1-8H3. The normalized spacial score (nSPS) is 14.7. The molecule has 1 atom stereocenters. The lowest BCUT2D eigenvalue weighted by Crippen LogP contribution is -2.43. The number of hydrogen-bond donors (Lipinski definition) is 0. The molecule has 0 radical (unpaired) electrons. The molecular formula is C17H34O7Si. The third-order valence-electron chi connectivity index (χ3n) is 4.64. The van der Waals surface area contributed by atoms with Gasteiger partial charge >= 0.3 is 20.7 Å². The Morgan fingerprint density at radius 1 is 0.920 bits per heavy atom. The summed E-state index contributed by atoms with van der Waals surface area (Å²) in [6, 6.07) is 0.555. The molecule has 8 heteroatoms. The second-order valence-electron chi connectivity index (χ2n) is 7.00. The fourth-order valence-electron chi connectivity index (χ4n) is 2.84. The van der Waals surface area contributed by atoms with E-state index in [9.17, 15) is 9.59 Å². The summed E-state index contributed by atoms with van der Waals surface area (Å²) in [5, 5.41) is 0. The van der Waals surface area contributed by atoms with Crippen molar-refractivity contribution in [1.82, 2.24) is 0 Å². The molecule has 0 aromatic carbocycles. The van der Waals surface area contributed by atoms with Crippen molar-refractivity contribution in [2.75, 3.05) is 35.0 Å². The van der Waals surface area contributed by atoms with Crippen LogP contribution in [0.4, 0.5) is 0 Å². The zero-order valence-corrected chi connectivity index (χ0v) is 17.9. The largest absolute Gasteiger partial charge is 0.500 e. The van der Waals surface area contributed by atoms with E-state index in [2.05, 4.69) is 0 Å². The summed E-state index contributed by atoms with van der Waals surface area (Å²) in [5.74, 6) is -0.650. The maximum Gasteiger partial charge on any atom is 0.500 e. The summed E-state index contributed by atoms with van der Waals surface area (Å²) in [4.78, 5) is 24.5. The lowest BCUT2D eigenvalue weighted by Gasteiger charge is -2.33. The van der Waals surface area contributed by atoms with Crippen molar-refractivity contribution in [3.05, 3.63) is 0 Å². The molecule has 0 bridgehead atoms. The molecule has 0 saturated carbocycles. The van der Waals surface area contributed by atoms with Gasteiger partial charge in [-0.05, 0) is 40.0 Å². The maximum absolute atomic E-state index is 12.4. The van der Waals surface area contributed by atoms with E-state index in [4.69, 9.17) is 22.8 Å². The smallest absolute Gasteiger partial charge is 0.469 e. The SMILES string of the molecule is CCC(C)(CC(C)(C)C(=O)OCCC[Si](OC)(OC)OC)C(=O)OC. The lowest BCUT2D eigenvalue weighted by atomic mass is 9.72. The van der Waals surface area contributed by atoms with Crippen molar-refractivity contribution in [2.24, 2.45) is 10.8 Å². The molecule has 25 heavy (non-hydrogen) atoms. The van der Waals surface area contributed by atoms with Crippen molar-refractivity contribution in [3.63, 3.8) is 0 Å². The van der Waals surface area contributed by atoms with Gasteiger partial charge in [0.2, 0.25) is 0 Å². The Kier molecular flexibility index (Phi) is 9.86. The number of rotatable bonds is 12. The van der Waals surface area contributed by atoms with Crippen molar-refractivity contribution in [3.8, 4) is 0 Å². The van der Waals surface area contributed by atoms with Gasteiger partial charge in [0.25, 0.3) is 0 Å². The fourth-order valence-corrected chi connectivity index (χ4v) is 4.53. The topological polar surface area (TPSA) is 80.3 Å². The van der Waals surface area contributed by atoms with E-state index >= 15 is 0 Å². The number of esters is 2. The average Bonchev–Trinajstić information content (AvgIpc) is 2.60. The van der Waals surface area contributed by atoms with Crippen LogP contribution in [0.25, 0.3) is 0 Å². The Labute approximate surface area is 152 Å². The highest BCUT2D eigenvalue weighted by atomic mass is 28.4. The van der Waals surface area contributed by atoms with Gasteiger partial charge in [0.15, 0.2) is 0 Å². The van der Waals surface area contributed by atoms with Crippen LogP contribution in [0.3, 0.4) is 0 Å². The molecule has 0 aliphatic heterocycles. The van der Waals surface area contributed by atoms with Crippen LogP contribution in [-0.2, 0) is 32.3 Å². The minimum absolute atomic E-state index is 0.244. The second-order valence-corrected chi connectivity index (χ2v) is 10.1. The Morgan fingerprint density at radius 3 is 1.84 bits per heavy atom. The highest BCUT2D eigenvalue weighted by molar-refractivity contribution is 6.60. The van der Waals surface area contributed by atoms with Gasteiger partial charge in [0.1, 0.15) is 0 Å². The molecule has 0 rings (SSSR count). The van der Waals surface area contributed by atoms with Crippen LogP contribution in [-0.4, -0.2) is 55.8 Å². The zero-order chi connectivity index (χ0) is 19.7. The molecule has 148 valence electrons. The Balaban J connectivity index is 4.66. The lowest BCUT2D eigenvalue weighted by molar-refractivity contribution is -0.161. The molecule has 0 aromatic heterocycles. The van der Waals surface area contributed by atoms with Gasteiger partial charge in [0, 0.05) is 27.4 Å². The van der Waals surface area contributed by atoms with Gasteiger partial charge in [0.05, 0.1) is 24.5 Å². The van der Waals surface area contributed by atoms with Crippen LogP contribution < -0.4 is 0 Å². The number of carbonyl (C=O) groups is 2. The second kappa shape index (κ2) is 10.3. The van der Waals surface area contributed by atoms with Crippen LogP contribution in [0.15, 0.2) is 0 Å². The minimum Gasteiger partial charge on any atom is -0.469 e. The average molecular weight is 379 g/mol. The van der Waals surface area contributed by atoms with Crippen molar-refractivity contribution in [1.29, 1.82) is 0 Å². The van der Waals surface area contributed by atoms with Gasteiger partial charge in [-0.15, -0.1) is 0 Å². The third kappa shape index (κ3) is 6.69. The summed E-state index contributed by atoms with van der Waals surface area (Å²) in [6.07, 6.45) is 1.51.